The van der Waals surface area contributed by atoms with Crippen LogP contribution in [0.2, 0.25) is 0 Å². The molecule has 0 aliphatic carbocycles. The first kappa shape index (κ1) is 21.7. The van der Waals surface area contributed by atoms with E-state index in [0.29, 0.717) is 12.1 Å². The lowest BCUT2D eigenvalue weighted by Gasteiger charge is -2.19. The third-order valence-corrected chi connectivity index (χ3v) is 4.87. The Hall–Kier alpha value is -2.63. The van der Waals surface area contributed by atoms with Crippen LogP contribution in [0.3, 0.4) is 0 Å². The third-order valence-electron chi connectivity index (χ3n) is 4.87. The number of benzene rings is 1. The molecule has 2 aromatic rings. The van der Waals surface area contributed by atoms with Crippen LogP contribution in [0.4, 0.5) is 5.69 Å². The number of nitrogens with zero attached hydrogens (tertiary/aromatic N) is 2. The van der Waals surface area contributed by atoms with Gasteiger partial charge in [0.25, 0.3) is 5.91 Å². The quantitative estimate of drug-likeness (QED) is 0.767. The van der Waals surface area contributed by atoms with Gasteiger partial charge in [0.05, 0.1) is 17.1 Å². The maximum absolute atomic E-state index is 12.3. The van der Waals surface area contributed by atoms with E-state index in [2.05, 4.69) is 43.3 Å². The van der Waals surface area contributed by atoms with E-state index in [4.69, 9.17) is 4.74 Å². The van der Waals surface area contributed by atoms with Crippen molar-refractivity contribution in [2.24, 2.45) is 7.05 Å². The fourth-order valence-electron chi connectivity index (χ4n) is 2.91. The molecule has 0 aliphatic rings. The van der Waals surface area contributed by atoms with Crippen molar-refractivity contribution >= 4 is 17.6 Å². The number of anilines is 1. The molecule has 0 saturated carbocycles. The number of rotatable bonds is 6. The lowest BCUT2D eigenvalue weighted by atomic mass is 9.86. The van der Waals surface area contributed by atoms with Gasteiger partial charge in [-0.25, -0.2) is 0 Å². The second kappa shape index (κ2) is 8.59. The first-order valence-corrected chi connectivity index (χ1v) is 9.59. The molecule has 1 heterocycles. The normalized spacial score (nSPS) is 12.5. The zero-order valence-corrected chi connectivity index (χ0v) is 17.9. The number of hydrogen-bond donors (Lipinski definition) is 1. The molecule has 1 amide bonds. The monoisotopic (exact) mass is 385 g/mol. The van der Waals surface area contributed by atoms with Gasteiger partial charge in [0.15, 0.2) is 6.10 Å². The average molecular weight is 386 g/mol. The van der Waals surface area contributed by atoms with Crippen LogP contribution in [0, 0.1) is 13.8 Å². The van der Waals surface area contributed by atoms with E-state index in [9.17, 15) is 9.59 Å². The number of hydrogen-bond acceptors (Lipinski definition) is 4. The van der Waals surface area contributed by atoms with Crippen LogP contribution in [0.25, 0.3) is 0 Å². The number of aromatic nitrogens is 2. The Morgan fingerprint density at radius 3 is 2.29 bits per heavy atom. The molecule has 28 heavy (non-hydrogen) atoms. The Bertz CT molecular complexity index is 845. The van der Waals surface area contributed by atoms with E-state index >= 15 is 0 Å². The lowest BCUT2D eigenvalue weighted by Crippen LogP contribution is -2.30. The SMILES string of the molecule is Cc1nn(C)c(C)c1NC(=O)[C@@H](C)OC(=O)CCc1ccc(C(C)(C)C)cc1. The van der Waals surface area contributed by atoms with Crippen LogP contribution in [-0.2, 0) is 33.2 Å². The highest BCUT2D eigenvalue weighted by atomic mass is 16.5. The average Bonchev–Trinajstić information content (AvgIpc) is 2.85. The number of amides is 1. The first-order chi connectivity index (χ1) is 13.0. The Morgan fingerprint density at radius 2 is 1.79 bits per heavy atom. The second-order valence-electron chi connectivity index (χ2n) is 8.24. The van der Waals surface area contributed by atoms with Crippen molar-refractivity contribution in [2.45, 2.75) is 65.9 Å². The van der Waals surface area contributed by atoms with E-state index in [0.717, 1.165) is 17.0 Å². The molecule has 0 spiro atoms. The van der Waals surface area contributed by atoms with Crippen molar-refractivity contribution in [3.8, 4) is 0 Å². The number of carbonyl (C=O) groups is 2. The summed E-state index contributed by atoms with van der Waals surface area (Å²) in [5.41, 5.74) is 4.67. The van der Waals surface area contributed by atoms with Gasteiger partial charge in [-0.15, -0.1) is 0 Å². The Balaban J connectivity index is 1.85. The molecule has 1 atom stereocenters. The highest BCUT2D eigenvalue weighted by Gasteiger charge is 2.21. The van der Waals surface area contributed by atoms with Gasteiger partial charge in [-0.2, -0.15) is 5.10 Å². The molecule has 0 fully saturated rings. The smallest absolute Gasteiger partial charge is 0.306 e. The van der Waals surface area contributed by atoms with Crippen molar-refractivity contribution in [2.75, 3.05) is 5.32 Å². The molecule has 1 aromatic heterocycles. The van der Waals surface area contributed by atoms with E-state index in [1.54, 1.807) is 11.6 Å². The van der Waals surface area contributed by atoms with Gasteiger partial charge in [0.2, 0.25) is 0 Å². The summed E-state index contributed by atoms with van der Waals surface area (Å²) in [6, 6.07) is 8.26. The lowest BCUT2D eigenvalue weighted by molar-refractivity contribution is -0.153. The minimum Gasteiger partial charge on any atom is -0.453 e. The standard InChI is InChI=1S/C22H31N3O3/c1-14-20(15(2)25(7)24-14)23-21(27)16(3)28-19(26)13-10-17-8-11-18(12-9-17)22(4,5)6/h8-9,11-12,16H,10,13H2,1-7H3,(H,23,27)/t16-/m1/s1. The maximum atomic E-state index is 12.3. The van der Waals surface area contributed by atoms with Crippen molar-refractivity contribution in [3.05, 3.63) is 46.8 Å². The molecular weight excluding hydrogens is 354 g/mol. The molecule has 0 bridgehead atoms. The molecular formula is C22H31N3O3. The molecule has 6 heteroatoms. The number of carbonyl (C=O) groups excluding carboxylic acids is 2. The summed E-state index contributed by atoms with van der Waals surface area (Å²) in [7, 11) is 1.81. The van der Waals surface area contributed by atoms with Crippen LogP contribution in [0.5, 0.6) is 0 Å². The molecule has 0 saturated heterocycles. The van der Waals surface area contributed by atoms with E-state index in [1.165, 1.54) is 5.56 Å². The Labute approximate surface area is 167 Å². The van der Waals surface area contributed by atoms with Gasteiger partial charge >= 0.3 is 5.97 Å². The molecule has 1 N–H and O–H groups in total. The van der Waals surface area contributed by atoms with Crippen LogP contribution >= 0.6 is 0 Å². The van der Waals surface area contributed by atoms with Gasteiger partial charge in [-0.3, -0.25) is 14.3 Å². The van der Waals surface area contributed by atoms with Crippen molar-refractivity contribution in [3.63, 3.8) is 0 Å². The highest BCUT2D eigenvalue weighted by Crippen LogP contribution is 2.22. The van der Waals surface area contributed by atoms with Crippen molar-refractivity contribution < 1.29 is 14.3 Å². The van der Waals surface area contributed by atoms with Gasteiger partial charge in [0, 0.05) is 13.5 Å². The predicted molar refractivity (Wildman–Crippen MR) is 110 cm³/mol. The number of aryl methyl sites for hydroxylation is 3. The first-order valence-electron chi connectivity index (χ1n) is 9.59. The summed E-state index contributed by atoms with van der Waals surface area (Å²) < 4.78 is 6.99. The minimum atomic E-state index is -0.866. The van der Waals surface area contributed by atoms with E-state index in [1.807, 2.05) is 33.0 Å². The summed E-state index contributed by atoms with van der Waals surface area (Å²) in [5, 5.41) is 7.06. The minimum absolute atomic E-state index is 0.102. The zero-order valence-electron chi connectivity index (χ0n) is 17.9. The number of nitrogens with one attached hydrogen (secondary N) is 1. The summed E-state index contributed by atoms with van der Waals surface area (Å²) in [5.74, 6) is -0.746. The van der Waals surface area contributed by atoms with Gasteiger partial charge < -0.3 is 10.1 Å². The summed E-state index contributed by atoms with van der Waals surface area (Å²) >= 11 is 0. The molecule has 2 rings (SSSR count). The molecule has 152 valence electrons. The van der Waals surface area contributed by atoms with Gasteiger partial charge in [-0.05, 0) is 43.7 Å². The Morgan fingerprint density at radius 1 is 1.18 bits per heavy atom. The number of ether oxygens (including phenoxy) is 1. The van der Waals surface area contributed by atoms with Crippen molar-refractivity contribution in [1.82, 2.24) is 9.78 Å². The van der Waals surface area contributed by atoms with Gasteiger partial charge in [0.1, 0.15) is 0 Å². The van der Waals surface area contributed by atoms with Crippen molar-refractivity contribution in [1.29, 1.82) is 0 Å². The summed E-state index contributed by atoms with van der Waals surface area (Å²) in [4.78, 5) is 24.5. The predicted octanol–water partition coefficient (Wildman–Crippen LogP) is 3.84. The molecule has 1 aromatic carbocycles. The summed E-state index contributed by atoms with van der Waals surface area (Å²) in [6.45, 7) is 11.8. The zero-order chi connectivity index (χ0) is 21.1. The van der Waals surface area contributed by atoms with Crippen LogP contribution in [-0.4, -0.2) is 27.8 Å². The van der Waals surface area contributed by atoms with Crippen LogP contribution in [0.15, 0.2) is 24.3 Å². The molecule has 0 unspecified atom stereocenters. The largest absolute Gasteiger partial charge is 0.453 e. The third kappa shape index (κ3) is 5.44. The van der Waals surface area contributed by atoms with E-state index in [-0.39, 0.29) is 23.7 Å². The highest BCUT2D eigenvalue weighted by molar-refractivity contribution is 5.96. The van der Waals surface area contributed by atoms with Crippen LogP contribution in [0.1, 0.15) is 56.6 Å². The van der Waals surface area contributed by atoms with E-state index < -0.39 is 6.10 Å². The summed E-state index contributed by atoms with van der Waals surface area (Å²) in [6.07, 6.45) is -0.0506. The topological polar surface area (TPSA) is 73.2 Å². The second-order valence-corrected chi connectivity index (χ2v) is 8.24. The molecule has 6 nitrogen and oxygen atoms in total. The number of esters is 1. The fraction of sp³-hybridized carbons (Fsp3) is 0.500. The molecule has 0 aliphatic heterocycles. The van der Waals surface area contributed by atoms with Crippen LogP contribution < -0.4 is 5.32 Å². The molecule has 0 radical (unpaired) electrons. The Kier molecular flexibility index (Phi) is 6.65. The fourth-order valence-corrected chi connectivity index (χ4v) is 2.91. The van der Waals surface area contributed by atoms with Gasteiger partial charge in [-0.1, -0.05) is 45.0 Å². The maximum Gasteiger partial charge on any atom is 0.306 e.